The standard InChI is InChI=1S/C15H18ClN3OS/c1-4-7-19-14(17-18-15(19)21)9-11-5-6-13(12(16)8-11)20-10(2)3/h4-6,8,10H,1,7,9H2,2-3H3,(H,18,21). The van der Waals surface area contributed by atoms with Gasteiger partial charge in [-0.05, 0) is 43.8 Å². The van der Waals surface area contributed by atoms with E-state index in [-0.39, 0.29) is 6.10 Å². The summed E-state index contributed by atoms with van der Waals surface area (Å²) in [6, 6.07) is 5.77. The van der Waals surface area contributed by atoms with Gasteiger partial charge in [0.15, 0.2) is 4.77 Å². The fourth-order valence-corrected chi connectivity index (χ4v) is 2.46. The molecule has 1 N–H and O–H groups in total. The van der Waals surface area contributed by atoms with E-state index in [1.807, 2.05) is 36.6 Å². The summed E-state index contributed by atoms with van der Waals surface area (Å²) in [5.74, 6) is 1.55. The Morgan fingerprint density at radius 1 is 1.52 bits per heavy atom. The van der Waals surface area contributed by atoms with E-state index in [1.54, 1.807) is 6.08 Å². The van der Waals surface area contributed by atoms with E-state index in [1.165, 1.54) is 0 Å². The normalized spacial score (nSPS) is 10.9. The first-order chi connectivity index (χ1) is 10.0. The van der Waals surface area contributed by atoms with Crippen LogP contribution in [0.3, 0.4) is 0 Å². The second-order valence-corrected chi connectivity index (χ2v) is 5.75. The van der Waals surface area contributed by atoms with Crippen LogP contribution < -0.4 is 4.74 Å². The summed E-state index contributed by atoms with van der Waals surface area (Å²) in [5, 5.41) is 7.66. The molecule has 6 heteroatoms. The number of nitrogens with one attached hydrogen (secondary N) is 1. The lowest BCUT2D eigenvalue weighted by atomic mass is 10.1. The smallest absolute Gasteiger partial charge is 0.195 e. The third-order valence-corrected chi connectivity index (χ3v) is 3.48. The van der Waals surface area contributed by atoms with Gasteiger partial charge in [-0.15, -0.1) is 6.58 Å². The van der Waals surface area contributed by atoms with Crippen LogP contribution in [-0.4, -0.2) is 20.9 Å². The zero-order chi connectivity index (χ0) is 15.4. The fraction of sp³-hybridized carbons (Fsp3) is 0.333. The predicted octanol–water partition coefficient (Wildman–Crippen LogP) is 4.16. The second kappa shape index (κ2) is 6.91. The fourth-order valence-electron chi connectivity index (χ4n) is 1.99. The number of hydrogen-bond acceptors (Lipinski definition) is 3. The summed E-state index contributed by atoms with van der Waals surface area (Å²) < 4.78 is 8.13. The highest BCUT2D eigenvalue weighted by molar-refractivity contribution is 7.71. The second-order valence-electron chi connectivity index (χ2n) is 4.95. The molecule has 21 heavy (non-hydrogen) atoms. The SMILES string of the molecule is C=CCn1c(Cc2ccc(OC(C)C)c(Cl)c2)n[nH]c1=S. The summed E-state index contributed by atoms with van der Waals surface area (Å²) in [6.07, 6.45) is 2.53. The van der Waals surface area contributed by atoms with Crippen LogP contribution in [0.5, 0.6) is 5.75 Å². The molecule has 2 aromatic rings. The molecule has 1 aromatic heterocycles. The van der Waals surface area contributed by atoms with Crippen molar-refractivity contribution in [3.63, 3.8) is 0 Å². The van der Waals surface area contributed by atoms with Gasteiger partial charge >= 0.3 is 0 Å². The van der Waals surface area contributed by atoms with Crippen LogP contribution in [0, 0.1) is 4.77 Å². The molecular weight excluding hydrogens is 306 g/mol. The van der Waals surface area contributed by atoms with Crippen LogP contribution in [0.15, 0.2) is 30.9 Å². The zero-order valence-corrected chi connectivity index (χ0v) is 13.7. The number of aromatic amines is 1. The Kier molecular flexibility index (Phi) is 5.20. The van der Waals surface area contributed by atoms with Crippen molar-refractivity contribution >= 4 is 23.8 Å². The molecule has 0 saturated heterocycles. The summed E-state index contributed by atoms with van der Waals surface area (Å²) in [5.41, 5.74) is 1.05. The Labute approximate surface area is 134 Å². The highest BCUT2D eigenvalue weighted by Gasteiger charge is 2.09. The minimum atomic E-state index is 0.0946. The minimum Gasteiger partial charge on any atom is -0.489 e. The molecule has 0 bridgehead atoms. The summed E-state index contributed by atoms with van der Waals surface area (Å²) in [4.78, 5) is 0. The largest absolute Gasteiger partial charge is 0.489 e. The Morgan fingerprint density at radius 3 is 2.90 bits per heavy atom. The number of rotatable bonds is 6. The molecule has 0 spiro atoms. The van der Waals surface area contributed by atoms with E-state index in [4.69, 9.17) is 28.6 Å². The van der Waals surface area contributed by atoms with Gasteiger partial charge in [-0.2, -0.15) is 5.10 Å². The molecule has 0 radical (unpaired) electrons. The lowest BCUT2D eigenvalue weighted by Gasteiger charge is -2.12. The van der Waals surface area contributed by atoms with Crippen LogP contribution in [0.4, 0.5) is 0 Å². The van der Waals surface area contributed by atoms with Crippen molar-refractivity contribution in [1.82, 2.24) is 14.8 Å². The molecule has 0 aliphatic rings. The van der Waals surface area contributed by atoms with E-state index in [0.29, 0.717) is 28.5 Å². The highest BCUT2D eigenvalue weighted by atomic mass is 35.5. The number of nitrogens with zero attached hydrogens (tertiary/aromatic N) is 2. The molecule has 0 amide bonds. The van der Waals surface area contributed by atoms with Crippen LogP contribution in [-0.2, 0) is 13.0 Å². The Bertz CT molecular complexity index is 690. The van der Waals surface area contributed by atoms with Crippen molar-refractivity contribution < 1.29 is 4.74 Å². The van der Waals surface area contributed by atoms with Crippen molar-refractivity contribution in [3.05, 3.63) is 52.0 Å². The number of halogens is 1. The first kappa shape index (κ1) is 15.8. The van der Waals surface area contributed by atoms with E-state index >= 15 is 0 Å². The van der Waals surface area contributed by atoms with E-state index in [9.17, 15) is 0 Å². The van der Waals surface area contributed by atoms with Gasteiger partial charge in [-0.25, -0.2) is 0 Å². The first-order valence-corrected chi connectivity index (χ1v) is 7.50. The van der Waals surface area contributed by atoms with Crippen molar-refractivity contribution in [1.29, 1.82) is 0 Å². The van der Waals surface area contributed by atoms with E-state index in [0.717, 1.165) is 11.4 Å². The van der Waals surface area contributed by atoms with Gasteiger partial charge in [0, 0.05) is 13.0 Å². The molecule has 112 valence electrons. The lowest BCUT2D eigenvalue weighted by Crippen LogP contribution is -2.06. The van der Waals surface area contributed by atoms with Gasteiger partial charge in [0.25, 0.3) is 0 Å². The topological polar surface area (TPSA) is 42.8 Å². The van der Waals surface area contributed by atoms with E-state index < -0.39 is 0 Å². The van der Waals surface area contributed by atoms with Gasteiger partial charge in [0.2, 0.25) is 0 Å². The predicted molar refractivity (Wildman–Crippen MR) is 87.6 cm³/mol. The Balaban J connectivity index is 2.22. The highest BCUT2D eigenvalue weighted by Crippen LogP contribution is 2.27. The van der Waals surface area contributed by atoms with E-state index in [2.05, 4.69) is 16.8 Å². The van der Waals surface area contributed by atoms with Gasteiger partial charge in [0.1, 0.15) is 11.6 Å². The first-order valence-electron chi connectivity index (χ1n) is 6.71. The molecule has 0 aliphatic heterocycles. The molecule has 0 aliphatic carbocycles. The molecule has 0 unspecified atom stereocenters. The lowest BCUT2D eigenvalue weighted by molar-refractivity contribution is 0.242. The van der Waals surface area contributed by atoms with Crippen molar-refractivity contribution in [2.24, 2.45) is 0 Å². The summed E-state index contributed by atoms with van der Waals surface area (Å²) >= 11 is 11.4. The summed E-state index contributed by atoms with van der Waals surface area (Å²) in [7, 11) is 0. The molecule has 2 rings (SSSR count). The monoisotopic (exact) mass is 323 g/mol. The number of benzene rings is 1. The van der Waals surface area contributed by atoms with Crippen LogP contribution in [0.25, 0.3) is 0 Å². The third-order valence-electron chi connectivity index (χ3n) is 2.87. The average molecular weight is 324 g/mol. The van der Waals surface area contributed by atoms with Crippen molar-refractivity contribution in [2.45, 2.75) is 32.9 Å². The van der Waals surface area contributed by atoms with Crippen LogP contribution >= 0.6 is 23.8 Å². The zero-order valence-electron chi connectivity index (χ0n) is 12.1. The minimum absolute atomic E-state index is 0.0946. The maximum atomic E-state index is 6.25. The Hall–Kier alpha value is -1.59. The quantitative estimate of drug-likeness (QED) is 0.641. The number of allylic oxidation sites excluding steroid dienone is 1. The number of H-pyrrole nitrogens is 1. The molecule has 4 nitrogen and oxygen atoms in total. The van der Waals surface area contributed by atoms with Crippen LogP contribution in [0.2, 0.25) is 5.02 Å². The molecule has 0 fully saturated rings. The Morgan fingerprint density at radius 2 is 2.29 bits per heavy atom. The third kappa shape index (κ3) is 3.95. The molecule has 1 heterocycles. The number of hydrogen-bond donors (Lipinski definition) is 1. The molecule has 1 aromatic carbocycles. The maximum Gasteiger partial charge on any atom is 0.195 e. The van der Waals surface area contributed by atoms with Gasteiger partial charge < -0.3 is 4.74 Å². The van der Waals surface area contributed by atoms with Crippen LogP contribution in [0.1, 0.15) is 25.2 Å². The van der Waals surface area contributed by atoms with Gasteiger partial charge in [-0.3, -0.25) is 9.67 Å². The molecule has 0 saturated carbocycles. The maximum absolute atomic E-state index is 6.25. The average Bonchev–Trinajstić information content (AvgIpc) is 2.75. The number of ether oxygens (including phenoxy) is 1. The number of aromatic nitrogens is 3. The molecule has 0 atom stereocenters. The van der Waals surface area contributed by atoms with Gasteiger partial charge in [0.05, 0.1) is 11.1 Å². The summed E-state index contributed by atoms with van der Waals surface area (Å²) in [6.45, 7) is 8.30. The van der Waals surface area contributed by atoms with Gasteiger partial charge in [-0.1, -0.05) is 23.7 Å². The van der Waals surface area contributed by atoms with Crippen molar-refractivity contribution in [3.8, 4) is 5.75 Å². The molecular formula is C15H18ClN3OS. The van der Waals surface area contributed by atoms with Crippen molar-refractivity contribution in [2.75, 3.05) is 0 Å².